The average Bonchev–Trinajstić information content (AvgIpc) is 2.74. The second kappa shape index (κ2) is 10.1. The number of ether oxygens (including phenoxy) is 1. The lowest BCUT2D eigenvalue weighted by molar-refractivity contribution is -0.126. The second-order valence-corrected chi connectivity index (χ2v) is 7.77. The van der Waals surface area contributed by atoms with E-state index in [1.165, 1.54) is 18.2 Å². The zero-order valence-electron chi connectivity index (χ0n) is 15.9. The van der Waals surface area contributed by atoms with E-state index in [2.05, 4.69) is 10.1 Å². The molecule has 1 unspecified atom stereocenters. The van der Waals surface area contributed by atoms with E-state index in [-0.39, 0.29) is 30.0 Å². The molecular formula is C21H20Cl2F2N2O3. The number of benzene rings is 2. The molecule has 0 bridgehead atoms. The van der Waals surface area contributed by atoms with Crippen molar-refractivity contribution in [3.63, 3.8) is 0 Å². The van der Waals surface area contributed by atoms with Gasteiger partial charge in [-0.2, -0.15) is 8.78 Å². The van der Waals surface area contributed by atoms with Crippen molar-refractivity contribution in [3.8, 4) is 5.75 Å². The third-order valence-electron chi connectivity index (χ3n) is 4.86. The Hall–Kier alpha value is -2.38. The predicted molar refractivity (Wildman–Crippen MR) is 110 cm³/mol. The van der Waals surface area contributed by atoms with Crippen molar-refractivity contribution in [2.45, 2.75) is 26.0 Å². The smallest absolute Gasteiger partial charge is 0.387 e. The van der Waals surface area contributed by atoms with Crippen LogP contribution in [0.25, 0.3) is 0 Å². The Morgan fingerprint density at radius 1 is 1.13 bits per heavy atom. The summed E-state index contributed by atoms with van der Waals surface area (Å²) in [7, 11) is 0. The largest absolute Gasteiger partial charge is 0.435 e. The lowest BCUT2D eigenvalue weighted by Crippen LogP contribution is -2.45. The molecule has 160 valence electrons. The van der Waals surface area contributed by atoms with E-state index in [9.17, 15) is 18.4 Å². The first-order valence-corrected chi connectivity index (χ1v) is 10.1. The summed E-state index contributed by atoms with van der Waals surface area (Å²) in [6, 6.07) is 10.8. The van der Waals surface area contributed by atoms with Crippen LogP contribution in [0.3, 0.4) is 0 Å². The molecule has 1 aliphatic heterocycles. The first kappa shape index (κ1) is 22.3. The molecule has 0 radical (unpaired) electrons. The fourth-order valence-corrected chi connectivity index (χ4v) is 3.61. The number of halogens is 4. The van der Waals surface area contributed by atoms with Crippen LogP contribution in [0.2, 0.25) is 10.0 Å². The Balaban J connectivity index is 1.55. The van der Waals surface area contributed by atoms with Gasteiger partial charge in [-0.25, -0.2) is 0 Å². The number of carbonyl (C=O) groups excluding carboxylic acids is 2. The number of nitrogens with zero attached hydrogens (tertiary/aromatic N) is 1. The van der Waals surface area contributed by atoms with Crippen LogP contribution >= 0.6 is 23.2 Å². The quantitative estimate of drug-likeness (QED) is 0.681. The first-order valence-electron chi connectivity index (χ1n) is 9.39. The zero-order chi connectivity index (χ0) is 21.7. The normalized spacial score (nSPS) is 16.4. The van der Waals surface area contributed by atoms with Crippen LogP contribution in [0, 0.1) is 5.92 Å². The van der Waals surface area contributed by atoms with Crippen LogP contribution < -0.4 is 10.1 Å². The van der Waals surface area contributed by atoms with Gasteiger partial charge in [0.25, 0.3) is 5.91 Å². The van der Waals surface area contributed by atoms with Gasteiger partial charge in [-0.05, 0) is 48.7 Å². The molecule has 2 aromatic rings. The van der Waals surface area contributed by atoms with Crippen LogP contribution in [-0.2, 0) is 11.3 Å². The molecule has 0 spiro atoms. The number of likely N-dealkylation sites (tertiary alicyclic amines) is 1. The maximum atomic E-state index is 12.7. The van der Waals surface area contributed by atoms with Gasteiger partial charge in [0.1, 0.15) is 5.75 Å². The number of carbonyl (C=O) groups is 2. The summed E-state index contributed by atoms with van der Waals surface area (Å²) in [6.45, 7) is -1.75. The van der Waals surface area contributed by atoms with Crippen molar-refractivity contribution in [3.05, 3.63) is 63.6 Å². The Kier molecular flexibility index (Phi) is 7.50. The van der Waals surface area contributed by atoms with Gasteiger partial charge < -0.3 is 15.0 Å². The molecular weight excluding hydrogens is 437 g/mol. The van der Waals surface area contributed by atoms with E-state index in [1.54, 1.807) is 29.2 Å². The molecule has 2 amide bonds. The molecule has 3 rings (SSSR count). The summed E-state index contributed by atoms with van der Waals surface area (Å²) < 4.78 is 28.7. The molecule has 30 heavy (non-hydrogen) atoms. The SMILES string of the molecule is O=C(NCc1ccc(OC(F)F)cc1)C1CCCN(C(=O)c2ccc(Cl)c(Cl)c2)C1. The predicted octanol–water partition coefficient (Wildman–Crippen LogP) is 4.76. The maximum absolute atomic E-state index is 12.7. The maximum Gasteiger partial charge on any atom is 0.387 e. The van der Waals surface area contributed by atoms with E-state index in [1.807, 2.05) is 0 Å². The van der Waals surface area contributed by atoms with E-state index in [4.69, 9.17) is 23.2 Å². The van der Waals surface area contributed by atoms with Crippen molar-refractivity contribution in [2.24, 2.45) is 5.92 Å². The molecule has 5 nitrogen and oxygen atoms in total. The number of alkyl halides is 2. The highest BCUT2D eigenvalue weighted by Gasteiger charge is 2.29. The highest BCUT2D eigenvalue weighted by atomic mass is 35.5. The first-order chi connectivity index (χ1) is 14.3. The molecule has 1 N–H and O–H groups in total. The molecule has 9 heteroatoms. The van der Waals surface area contributed by atoms with Gasteiger partial charge in [0.15, 0.2) is 0 Å². The highest BCUT2D eigenvalue weighted by Crippen LogP contribution is 2.25. The van der Waals surface area contributed by atoms with E-state index >= 15 is 0 Å². The van der Waals surface area contributed by atoms with E-state index < -0.39 is 6.61 Å². The number of rotatable bonds is 6. The Labute approximate surface area is 182 Å². The van der Waals surface area contributed by atoms with Crippen molar-refractivity contribution in [1.82, 2.24) is 10.2 Å². The van der Waals surface area contributed by atoms with Crippen LogP contribution in [-0.4, -0.2) is 36.4 Å². The summed E-state index contributed by atoms with van der Waals surface area (Å²) in [4.78, 5) is 27.0. The molecule has 1 aliphatic rings. The van der Waals surface area contributed by atoms with Crippen molar-refractivity contribution in [1.29, 1.82) is 0 Å². The van der Waals surface area contributed by atoms with Gasteiger partial charge in [-0.15, -0.1) is 0 Å². The highest BCUT2D eigenvalue weighted by molar-refractivity contribution is 6.42. The monoisotopic (exact) mass is 456 g/mol. The number of nitrogens with one attached hydrogen (secondary N) is 1. The van der Waals surface area contributed by atoms with Gasteiger partial charge >= 0.3 is 6.61 Å². The molecule has 1 fully saturated rings. The summed E-state index contributed by atoms with van der Waals surface area (Å²) in [5.74, 6) is -0.619. The molecule has 0 saturated carbocycles. The molecule has 1 saturated heterocycles. The number of hydrogen-bond acceptors (Lipinski definition) is 3. The fourth-order valence-electron chi connectivity index (χ4n) is 3.31. The summed E-state index contributed by atoms with van der Waals surface area (Å²) in [5, 5.41) is 3.52. The van der Waals surface area contributed by atoms with Crippen LogP contribution in [0.15, 0.2) is 42.5 Å². The number of amides is 2. The average molecular weight is 457 g/mol. The Morgan fingerprint density at radius 2 is 1.87 bits per heavy atom. The van der Waals surface area contributed by atoms with Gasteiger partial charge in [0.2, 0.25) is 5.91 Å². The lowest BCUT2D eigenvalue weighted by atomic mass is 9.96. The fraction of sp³-hybridized carbons (Fsp3) is 0.333. The van der Waals surface area contributed by atoms with Crippen LogP contribution in [0.1, 0.15) is 28.8 Å². The molecule has 1 atom stereocenters. The number of hydrogen-bond donors (Lipinski definition) is 1. The minimum absolute atomic E-state index is 0.0591. The minimum Gasteiger partial charge on any atom is -0.435 e. The summed E-state index contributed by atoms with van der Waals surface area (Å²) in [5.41, 5.74) is 1.18. The van der Waals surface area contributed by atoms with Crippen molar-refractivity contribution >= 4 is 35.0 Å². The standard InChI is InChI=1S/C21H20Cl2F2N2O3/c22-17-8-5-14(10-18(17)23)20(29)27-9-1-2-15(12-27)19(28)26-11-13-3-6-16(7-4-13)30-21(24)25/h3-8,10,15,21H,1-2,9,11-12H2,(H,26,28). The second-order valence-electron chi connectivity index (χ2n) is 6.96. The van der Waals surface area contributed by atoms with Gasteiger partial charge in [-0.1, -0.05) is 35.3 Å². The summed E-state index contributed by atoms with van der Waals surface area (Å²) >= 11 is 11.9. The van der Waals surface area contributed by atoms with Crippen LogP contribution in [0.5, 0.6) is 5.75 Å². The van der Waals surface area contributed by atoms with Crippen molar-refractivity contribution < 1.29 is 23.1 Å². The Bertz CT molecular complexity index is 910. The third-order valence-corrected chi connectivity index (χ3v) is 5.60. The van der Waals surface area contributed by atoms with E-state index in [0.717, 1.165) is 5.56 Å². The third kappa shape index (κ3) is 5.83. The van der Waals surface area contributed by atoms with Gasteiger partial charge in [-0.3, -0.25) is 9.59 Å². The minimum atomic E-state index is -2.88. The molecule has 2 aromatic carbocycles. The zero-order valence-corrected chi connectivity index (χ0v) is 17.4. The molecule has 0 aromatic heterocycles. The Morgan fingerprint density at radius 3 is 2.53 bits per heavy atom. The number of piperidine rings is 1. The van der Waals surface area contributed by atoms with Gasteiger partial charge in [0.05, 0.1) is 16.0 Å². The molecule has 1 heterocycles. The molecule has 0 aliphatic carbocycles. The van der Waals surface area contributed by atoms with E-state index in [0.29, 0.717) is 41.5 Å². The van der Waals surface area contributed by atoms with Crippen molar-refractivity contribution in [2.75, 3.05) is 13.1 Å². The summed E-state index contributed by atoms with van der Waals surface area (Å²) in [6.07, 6.45) is 1.39. The van der Waals surface area contributed by atoms with Gasteiger partial charge in [0, 0.05) is 25.2 Å². The van der Waals surface area contributed by atoms with Crippen LogP contribution in [0.4, 0.5) is 8.78 Å². The topological polar surface area (TPSA) is 58.6 Å². The lowest BCUT2D eigenvalue weighted by Gasteiger charge is -2.32.